The van der Waals surface area contributed by atoms with E-state index in [1.165, 1.54) is 15.3 Å². The molecule has 0 unspecified atom stereocenters. The first-order valence-electron chi connectivity index (χ1n) is 5.44. The third-order valence-corrected chi connectivity index (χ3v) is 4.32. The lowest BCUT2D eigenvalue weighted by atomic mass is 10.1. The second-order valence-electron chi connectivity index (χ2n) is 4.34. The van der Waals surface area contributed by atoms with Crippen LogP contribution in [0.25, 0.3) is 10.4 Å². The minimum atomic E-state index is 0.586. The van der Waals surface area contributed by atoms with Gasteiger partial charge in [-0.15, -0.1) is 11.3 Å². The van der Waals surface area contributed by atoms with E-state index >= 15 is 0 Å². The summed E-state index contributed by atoms with van der Waals surface area (Å²) >= 11 is 8.09. The number of hydrogen-bond acceptors (Lipinski definition) is 1. The van der Waals surface area contributed by atoms with Crippen molar-refractivity contribution < 1.29 is 0 Å². The third kappa shape index (κ3) is 2.31. The lowest BCUT2D eigenvalue weighted by Crippen LogP contribution is -1.78. The zero-order valence-corrected chi connectivity index (χ0v) is 11.3. The SMILES string of the molecule is Cc1ccc(-c2ccc(C(C)C)s2)c(Cl)c1. The molecule has 0 aliphatic heterocycles. The Bertz CT molecular complexity index is 497. The van der Waals surface area contributed by atoms with Gasteiger partial charge in [0.15, 0.2) is 0 Å². The molecule has 1 heterocycles. The molecule has 16 heavy (non-hydrogen) atoms. The van der Waals surface area contributed by atoms with Crippen molar-refractivity contribution in [2.75, 3.05) is 0 Å². The summed E-state index contributed by atoms with van der Waals surface area (Å²) in [6, 6.07) is 10.6. The fourth-order valence-electron chi connectivity index (χ4n) is 1.63. The van der Waals surface area contributed by atoms with E-state index in [4.69, 9.17) is 11.6 Å². The van der Waals surface area contributed by atoms with Gasteiger partial charge in [0.2, 0.25) is 0 Å². The molecular formula is C14H15ClS. The Kier molecular flexibility index (Phi) is 3.36. The van der Waals surface area contributed by atoms with Gasteiger partial charge in [-0.3, -0.25) is 0 Å². The Labute approximate surface area is 106 Å². The van der Waals surface area contributed by atoms with Gasteiger partial charge < -0.3 is 0 Å². The summed E-state index contributed by atoms with van der Waals surface area (Å²) in [5, 5.41) is 0.845. The summed E-state index contributed by atoms with van der Waals surface area (Å²) in [6.45, 7) is 6.49. The fourth-order valence-corrected chi connectivity index (χ4v) is 3.07. The maximum absolute atomic E-state index is 6.26. The summed E-state index contributed by atoms with van der Waals surface area (Å²) in [4.78, 5) is 2.67. The molecule has 0 spiro atoms. The van der Waals surface area contributed by atoms with E-state index in [0.29, 0.717) is 5.92 Å². The highest BCUT2D eigenvalue weighted by Crippen LogP contribution is 2.36. The molecule has 2 heteroatoms. The summed E-state index contributed by atoms with van der Waals surface area (Å²) < 4.78 is 0. The Morgan fingerprint density at radius 3 is 2.44 bits per heavy atom. The molecule has 1 aromatic carbocycles. The number of benzene rings is 1. The molecule has 84 valence electrons. The Hall–Kier alpha value is -0.790. The monoisotopic (exact) mass is 250 g/mol. The van der Waals surface area contributed by atoms with Gasteiger partial charge in [-0.05, 0) is 36.6 Å². The van der Waals surface area contributed by atoms with Crippen LogP contribution in [0.15, 0.2) is 30.3 Å². The quantitative estimate of drug-likeness (QED) is 0.660. The number of halogens is 1. The number of thiophene rings is 1. The van der Waals surface area contributed by atoms with Crippen LogP contribution in [0, 0.1) is 6.92 Å². The summed E-state index contributed by atoms with van der Waals surface area (Å²) in [5.41, 5.74) is 2.35. The van der Waals surface area contributed by atoms with Crippen LogP contribution < -0.4 is 0 Å². The maximum Gasteiger partial charge on any atom is 0.0495 e. The molecule has 0 aliphatic carbocycles. The van der Waals surface area contributed by atoms with Gasteiger partial charge >= 0.3 is 0 Å². The van der Waals surface area contributed by atoms with Crippen LogP contribution in [0.5, 0.6) is 0 Å². The van der Waals surface area contributed by atoms with Gasteiger partial charge in [0.1, 0.15) is 0 Å². The molecule has 0 saturated carbocycles. The number of rotatable bonds is 2. The molecule has 2 rings (SSSR count). The van der Waals surface area contributed by atoms with Gasteiger partial charge in [0.25, 0.3) is 0 Å². The molecule has 0 aliphatic rings. The first-order valence-corrected chi connectivity index (χ1v) is 6.63. The zero-order valence-electron chi connectivity index (χ0n) is 9.75. The summed E-state index contributed by atoms with van der Waals surface area (Å²) in [6.07, 6.45) is 0. The van der Waals surface area contributed by atoms with Crippen LogP contribution in [0.4, 0.5) is 0 Å². The van der Waals surface area contributed by atoms with Crippen molar-refractivity contribution in [3.63, 3.8) is 0 Å². The molecular weight excluding hydrogens is 236 g/mol. The molecule has 1 aromatic heterocycles. The van der Waals surface area contributed by atoms with E-state index < -0.39 is 0 Å². The smallest absolute Gasteiger partial charge is 0.0495 e. The molecule has 0 bridgehead atoms. The zero-order chi connectivity index (χ0) is 11.7. The largest absolute Gasteiger partial charge is 0.140 e. The normalized spacial score (nSPS) is 11.1. The van der Waals surface area contributed by atoms with E-state index in [1.807, 2.05) is 17.4 Å². The summed E-state index contributed by atoms with van der Waals surface area (Å²) in [5.74, 6) is 0.586. The fraction of sp³-hybridized carbons (Fsp3) is 0.286. The highest BCUT2D eigenvalue weighted by atomic mass is 35.5. The van der Waals surface area contributed by atoms with Gasteiger partial charge in [0, 0.05) is 20.3 Å². The molecule has 0 N–H and O–H groups in total. The third-order valence-electron chi connectivity index (χ3n) is 2.59. The first-order chi connectivity index (χ1) is 7.58. The van der Waals surface area contributed by atoms with E-state index in [2.05, 4.69) is 45.0 Å². The van der Waals surface area contributed by atoms with Crippen molar-refractivity contribution in [3.05, 3.63) is 45.8 Å². The van der Waals surface area contributed by atoms with Gasteiger partial charge in [-0.25, -0.2) is 0 Å². The van der Waals surface area contributed by atoms with Crippen molar-refractivity contribution in [1.29, 1.82) is 0 Å². The van der Waals surface area contributed by atoms with Crippen LogP contribution in [0.2, 0.25) is 5.02 Å². The van der Waals surface area contributed by atoms with Gasteiger partial charge in [-0.2, -0.15) is 0 Å². The predicted octanol–water partition coefficient (Wildman–Crippen LogP) is 5.50. The van der Waals surface area contributed by atoms with Crippen LogP contribution in [0.3, 0.4) is 0 Å². The van der Waals surface area contributed by atoms with Crippen LogP contribution in [0.1, 0.15) is 30.2 Å². The van der Waals surface area contributed by atoms with Gasteiger partial charge in [-0.1, -0.05) is 37.6 Å². The average Bonchev–Trinajstić information content (AvgIpc) is 2.66. The first kappa shape index (κ1) is 11.7. The minimum Gasteiger partial charge on any atom is -0.140 e. The second-order valence-corrected chi connectivity index (χ2v) is 5.86. The van der Waals surface area contributed by atoms with Crippen LogP contribution >= 0.6 is 22.9 Å². The Balaban J connectivity index is 2.42. The second kappa shape index (κ2) is 4.60. The molecule has 2 aromatic rings. The van der Waals surface area contributed by atoms with E-state index in [0.717, 1.165) is 10.6 Å². The standard InChI is InChI=1S/C14H15ClS/c1-9(2)13-6-7-14(16-13)11-5-4-10(3)8-12(11)15/h4-9H,1-3H3. The highest BCUT2D eigenvalue weighted by molar-refractivity contribution is 7.15. The predicted molar refractivity (Wildman–Crippen MR) is 73.6 cm³/mol. The minimum absolute atomic E-state index is 0.586. The lowest BCUT2D eigenvalue weighted by Gasteiger charge is -2.03. The van der Waals surface area contributed by atoms with Gasteiger partial charge in [0.05, 0.1) is 0 Å². The highest BCUT2D eigenvalue weighted by Gasteiger charge is 2.08. The molecule has 0 saturated heterocycles. The molecule has 0 nitrogen and oxygen atoms in total. The maximum atomic E-state index is 6.26. The van der Waals surface area contributed by atoms with Crippen molar-refractivity contribution >= 4 is 22.9 Å². The van der Waals surface area contributed by atoms with E-state index in [9.17, 15) is 0 Å². The topological polar surface area (TPSA) is 0 Å². The Morgan fingerprint density at radius 1 is 1.12 bits per heavy atom. The molecule has 0 amide bonds. The van der Waals surface area contributed by atoms with Crippen LogP contribution in [-0.4, -0.2) is 0 Å². The van der Waals surface area contributed by atoms with Crippen molar-refractivity contribution in [2.24, 2.45) is 0 Å². The van der Waals surface area contributed by atoms with Crippen LogP contribution in [-0.2, 0) is 0 Å². The van der Waals surface area contributed by atoms with Crippen molar-refractivity contribution in [2.45, 2.75) is 26.7 Å². The average molecular weight is 251 g/mol. The molecule has 0 atom stereocenters. The number of hydrogen-bond donors (Lipinski definition) is 0. The van der Waals surface area contributed by atoms with Crippen molar-refractivity contribution in [3.8, 4) is 10.4 Å². The summed E-state index contributed by atoms with van der Waals surface area (Å²) in [7, 11) is 0. The Morgan fingerprint density at radius 2 is 1.88 bits per heavy atom. The van der Waals surface area contributed by atoms with Crippen molar-refractivity contribution in [1.82, 2.24) is 0 Å². The molecule has 0 radical (unpaired) electrons. The van der Waals surface area contributed by atoms with E-state index in [1.54, 1.807) is 0 Å². The number of aryl methyl sites for hydroxylation is 1. The lowest BCUT2D eigenvalue weighted by molar-refractivity contribution is 0.890. The molecule has 0 fully saturated rings. The van der Waals surface area contributed by atoms with E-state index in [-0.39, 0.29) is 0 Å².